The number of primary amides is 1. The highest BCUT2D eigenvalue weighted by atomic mass is 35.5. The molecule has 0 spiro atoms. The molecule has 2 aliphatic rings. The molecule has 0 aliphatic carbocycles. The third-order valence-electron chi connectivity index (χ3n) is 5.30. The summed E-state index contributed by atoms with van der Waals surface area (Å²) in [5.74, 6) is -0.598. The molecule has 1 aromatic carbocycles. The van der Waals surface area contributed by atoms with Crippen LogP contribution in [0.25, 0.3) is 10.9 Å². The maximum absolute atomic E-state index is 14.9. The summed E-state index contributed by atoms with van der Waals surface area (Å²) >= 11 is 6.43. The van der Waals surface area contributed by atoms with E-state index in [9.17, 15) is 9.18 Å². The molecule has 128 valence electrons. The van der Waals surface area contributed by atoms with Crippen molar-refractivity contribution in [3.8, 4) is 0 Å². The summed E-state index contributed by atoms with van der Waals surface area (Å²) in [5.41, 5.74) is 7.24. The molecule has 0 bridgehead atoms. The van der Waals surface area contributed by atoms with Gasteiger partial charge in [0, 0.05) is 30.2 Å². The largest absolute Gasteiger partial charge is 0.367 e. The molecule has 2 saturated heterocycles. The van der Waals surface area contributed by atoms with E-state index in [2.05, 4.69) is 15.2 Å². The van der Waals surface area contributed by atoms with E-state index in [-0.39, 0.29) is 5.56 Å². The zero-order valence-corrected chi connectivity index (χ0v) is 14.2. The molecule has 24 heavy (non-hydrogen) atoms. The number of aromatic nitrogens is 1. The normalized spacial score (nSPS) is 23.7. The van der Waals surface area contributed by atoms with Crippen molar-refractivity contribution in [2.45, 2.75) is 25.8 Å². The highest BCUT2D eigenvalue weighted by molar-refractivity contribution is 6.38. The zero-order valence-electron chi connectivity index (χ0n) is 13.5. The Morgan fingerprint density at radius 3 is 2.96 bits per heavy atom. The smallest absolute Gasteiger partial charge is 0.250 e. The predicted molar refractivity (Wildman–Crippen MR) is 93.2 cm³/mol. The third-order valence-corrected chi connectivity index (χ3v) is 5.77. The van der Waals surface area contributed by atoms with Gasteiger partial charge in [-0.1, -0.05) is 11.6 Å². The molecule has 0 radical (unpaired) electrons. The van der Waals surface area contributed by atoms with Gasteiger partial charge in [-0.2, -0.15) is 0 Å². The van der Waals surface area contributed by atoms with Crippen LogP contribution in [0, 0.1) is 18.7 Å². The lowest BCUT2D eigenvalue weighted by Gasteiger charge is -2.24. The number of hydrogen-bond acceptors (Lipinski definition) is 3. The lowest BCUT2D eigenvalue weighted by molar-refractivity contribution is 0.100. The van der Waals surface area contributed by atoms with Gasteiger partial charge in [-0.3, -0.25) is 4.79 Å². The number of aryl methyl sites for hydroxylation is 1. The molecule has 3 heterocycles. The van der Waals surface area contributed by atoms with Gasteiger partial charge in [0.05, 0.1) is 21.8 Å². The second-order valence-corrected chi connectivity index (χ2v) is 7.18. The van der Waals surface area contributed by atoms with Crippen LogP contribution in [-0.4, -0.2) is 36.6 Å². The molecule has 1 aromatic heterocycles. The Bertz CT molecular complexity index is 820. The van der Waals surface area contributed by atoms with Crippen LogP contribution in [0.5, 0.6) is 0 Å². The Hall–Kier alpha value is -1.79. The van der Waals surface area contributed by atoms with Crippen molar-refractivity contribution in [3.63, 3.8) is 0 Å². The summed E-state index contributed by atoms with van der Waals surface area (Å²) in [6, 6.07) is 1.60. The number of amides is 1. The van der Waals surface area contributed by atoms with Gasteiger partial charge in [0.1, 0.15) is 5.82 Å². The monoisotopic (exact) mass is 350 g/mol. The highest BCUT2D eigenvalue weighted by Crippen LogP contribution is 2.41. The lowest BCUT2D eigenvalue weighted by atomic mass is 9.94. The molecule has 7 heteroatoms. The fourth-order valence-electron chi connectivity index (χ4n) is 4.15. The first-order valence-corrected chi connectivity index (χ1v) is 8.63. The maximum atomic E-state index is 14.9. The first-order chi connectivity index (χ1) is 11.5. The van der Waals surface area contributed by atoms with Crippen molar-refractivity contribution in [1.29, 1.82) is 0 Å². The highest BCUT2D eigenvalue weighted by Gasteiger charge is 2.36. The predicted octanol–water partition coefficient (Wildman–Crippen LogP) is 2.56. The van der Waals surface area contributed by atoms with Gasteiger partial charge < -0.3 is 20.9 Å². The summed E-state index contributed by atoms with van der Waals surface area (Å²) in [7, 11) is 0. The quantitative estimate of drug-likeness (QED) is 0.779. The molecule has 2 fully saturated rings. The SMILES string of the molecule is Cc1[nH]c2c(C(N)=O)cc(F)c(N3CC4CCCNC4C3)c2c1Cl. The number of nitrogens with zero attached hydrogens (tertiary/aromatic N) is 1. The number of hydrogen-bond donors (Lipinski definition) is 3. The minimum atomic E-state index is -0.667. The average molecular weight is 351 g/mol. The summed E-state index contributed by atoms with van der Waals surface area (Å²) < 4.78 is 14.9. The topological polar surface area (TPSA) is 74.2 Å². The van der Waals surface area contributed by atoms with Gasteiger partial charge in [0.25, 0.3) is 5.91 Å². The summed E-state index contributed by atoms with van der Waals surface area (Å²) in [6.45, 7) is 4.35. The zero-order chi connectivity index (χ0) is 17.0. The first kappa shape index (κ1) is 15.7. The van der Waals surface area contributed by atoms with Crippen molar-refractivity contribution in [2.75, 3.05) is 24.5 Å². The Kier molecular flexibility index (Phi) is 3.69. The molecule has 0 saturated carbocycles. The number of carbonyl (C=O) groups excluding carboxylic acids is 1. The van der Waals surface area contributed by atoms with Crippen molar-refractivity contribution in [1.82, 2.24) is 10.3 Å². The number of benzene rings is 1. The Balaban J connectivity index is 1.88. The molecule has 4 rings (SSSR count). The molecule has 4 N–H and O–H groups in total. The minimum Gasteiger partial charge on any atom is -0.367 e. The van der Waals surface area contributed by atoms with Crippen LogP contribution >= 0.6 is 11.6 Å². The van der Waals surface area contributed by atoms with E-state index >= 15 is 0 Å². The summed E-state index contributed by atoms with van der Waals surface area (Å²) in [4.78, 5) is 16.8. The van der Waals surface area contributed by atoms with E-state index in [0.29, 0.717) is 39.3 Å². The number of fused-ring (bicyclic) bond motifs is 2. The molecule has 5 nitrogen and oxygen atoms in total. The van der Waals surface area contributed by atoms with Crippen molar-refractivity contribution in [3.05, 3.63) is 28.2 Å². The van der Waals surface area contributed by atoms with E-state index in [0.717, 1.165) is 32.5 Å². The lowest BCUT2D eigenvalue weighted by Crippen LogP contribution is -2.40. The van der Waals surface area contributed by atoms with Crippen LogP contribution in [0.1, 0.15) is 28.9 Å². The number of rotatable bonds is 2. The van der Waals surface area contributed by atoms with Gasteiger partial charge in [0.15, 0.2) is 0 Å². The molecular weight excluding hydrogens is 331 g/mol. The fourth-order valence-corrected chi connectivity index (χ4v) is 4.38. The first-order valence-electron chi connectivity index (χ1n) is 8.25. The van der Waals surface area contributed by atoms with Crippen LogP contribution in [0.3, 0.4) is 0 Å². The van der Waals surface area contributed by atoms with Gasteiger partial charge in [-0.25, -0.2) is 4.39 Å². The fraction of sp³-hybridized carbons (Fsp3) is 0.471. The number of nitrogens with two attached hydrogens (primary N) is 1. The summed E-state index contributed by atoms with van der Waals surface area (Å²) in [5, 5.41) is 4.52. The van der Waals surface area contributed by atoms with E-state index in [1.807, 2.05) is 0 Å². The number of piperidine rings is 1. The second kappa shape index (κ2) is 5.63. The third kappa shape index (κ3) is 2.28. The van der Waals surface area contributed by atoms with Gasteiger partial charge in [0.2, 0.25) is 0 Å². The van der Waals surface area contributed by atoms with Crippen LogP contribution in [0.15, 0.2) is 6.07 Å². The Labute approximate surface area is 144 Å². The average Bonchev–Trinajstić information content (AvgIpc) is 3.09. The number of nitrogens with one attached hydrogen (secondary N) is 2. The van der Waals surface area contributed by atoms with Gasteiger partial charge >= 0.3 is 0 Å². The van der Waals surface area contributed by atoms with Gasteiger partial charge in [-0.05, 0) is 38.3 Å². The van der Waals surface area contributed by atoms with Crippen molar-refractivity contribution < 1.29 is 9.18 Å². The molecule has 2 atom stereocenters. The summed E-state index contributed by atoms with van der Waals surface area (Å²) in [6.07, 6.45) is 2.30. The minimum absolute atomic E-state index is 0.135. The van der Waals surface area contributed by atoms with Crippen LogP contribution in [-0.2, 0) is 0 Å². The number of halogens is 2. The molecular formula is C17H20ClFN4O. The second-order valence-electron chi connectivity index (χ2n) is 6.80. The van der Waals surface area contributed by atoms with Crippen LogP contribution in [0.4, 0.5) is 10.1 Å². The van der Waals surface area contributed by atoms with Gasteiger partial charge in [-0.15, -0.1) is 0 Å². The van der Waals surface area contributed by atoms with E-state index in [1.165, 1.54) is 6.07 Å². The molecule has 2 aliphatic heterocycles. The van der Waals surface area contributed by atoms with Crippen molar-refractivity contribution >= 4 is 34.1 Å². The maximum Gasteiger partial charge on any atom is 0.250 e. The molecule has 1 amide bonds. The van der Waals surface area contributed by atoms with E-state index in [4.69, 9.17) is 17.3 Å². The van der Waals surface area contributed by atoms with E-state index < -0.39 is 11.7 Å². The molecule has 2 aromatic rings. The van der Waals surface area contributed by atoms with Crippen LogP contribution in [0.2, 0.25) is 5.02 Å². The standard InChI is InChI=1S/C17H20ClFN4O/c1-8-14(18)13-15(22-8)10(17(20)24)5-11(19)16(13)23-6-9-3-2-4-21-12(9)7-23/h5,9,12,21-22H,2-4,6-7H2,1H3,(H2,20,24). The Morgan fingerprint density at radius 2 is 2.25 bits per heavy atom. The molecule has 2 unspecified atom stereocenters. The Morgan fingerprint density at radius 1 is 1.46 bits per heavy atom. The van der Waals surface area contributed by atoms with Crippen LogP contribution < -0.4 is 16.0 Å². The number of anilines is 1. The number of aromatic amines is 1. The number of carbonyl (C=O) groups is 1. The van der Waals surface area contributed by atoms with E-state index in [1.54, 1.807) is 6.92 Å². The van der Waals surface area contributed by atoms with Crippen molar-refractivity contribution in [2.24, 2.45) is 11.7 Å². The number of H-pyrrole nitrogens is 1.